The fraction of sp³-hybridized carbons (Fsp3) is 0.750. The van der Waals surface area contributed by atoms with Crippen LogP contribution in [-0.4, -0.2) is 28.6 Å². The fourth-order valence-electron chi connectivity index (χ4n) is 2.43. The van der Waals surface area contributed by atoms with Gasteiger partial charge >= 0.3 is 0 Å². The van der Waals surface area contributed by atoms with E-state index in [4.69, 9.17) is 0 Å². The molecule has 4 heteroatoms. The first kappa shape index (κ1) is 15.2. The summed E-state index contributed by atoms with van der Waals surface area (Å²) in [6.45, 7) is 9.50. The molecule has 1 N–H and O–H groups in total. The van der Waals surface area contributed by atoms with Crippen LogP contribution in [0.2, 0.25) is 0 Å². The van der Waals surface area contributed by atoms with E-state index in [2.05, 4.69) is 41.0 Å². The molecule has 1 aliphatic rings. The van der Waals surface area contributed by atoms with Gasteiger partial charge in [0.1, 0.15) is 5.82 Å². The zero-order valence-corrected chi connectivity index (χ0v) is 13.2. The van der Waals surface area contributed by atoms with Crippen molar-refractivity contribution in [3.05, 3.63) is 18.1 Å². The van der Waals surface area contributed by atoms with Gasteiger partial charge in [0.25, 0.3) is 0 Å². The fourth-order valence-corrected chi connectivity index (χ4v) is 2.43. The monoisotopic (exact) mass is 276 g/mol. The first-order chi connectivity index (χ1) is 9.54. The summed E-state index contributed by atoms with van der Waals surface area (Å²) in [4.78, 5) is 11.5. The van der Waals surface area contributed by atoms with Crippen molar-refractivity contribution >= 4 is 5.82 Å². The van der Waals surface area contributed by atoms with Gasteiger partial charge in [0.15, 0.2) is 0 Å². The molecule has 0 aromatic carbocycles. The average molecular weight is 276 g/mol. The molecule has 1 aliphatic heterocycles. The van der Waals surface area contributed by atoms with Crippen LogP contribution in [0.1, 0.15) is 58.6 Å². The van der Waals surface area contributed by atoms with E-state index in [0.29, 0.717) is 0 Å². The molecule has 1 aromatic heterocycles. The third-order valence-electron chi connectivity index (χ3n) is 3.67. The van der Waals surface area contributed by atoms with Gasteiger partial charge in [-0.15, -0.1) is 0 Å². The van der Waals surface area contributed by atoms with Crippen molar-refractivity contribution in [1.29, 1.82) is 0 Å². The van der Waals surface area contributed by atoms with Crippen molar-refractivity contribution in [2.24, 2.45) is 0 Å². The highest BCUT2D eigenvalue weighted by atomic mass is 15.2. The van der Waals surface area contributed by atoms with Crippen LogP contribution >= 0.6 is 0 Å². The lowest BCUT2D eigenvalue weighted by molar-refractivity contribution is 0.421. The van der Waals surface area contributed by atoms with Crippen molar-refractivity contribution in [3.8, 4) is 0 Å². The summed E-state index contributed by atoms with van der Waals surface area (Å²) < 4.78 is 0. The van der Waals surface area contributed by atoms with Crippen LogP contribution in [0.3, 0.4) is 0 Å². The Morgan fingerprint density at radius 1 is 1.00 bits per heavy atom. The molecule has 1 saturated heterocycles. The van der Waals surface area contributed by atoms with E-state index in [1.165, 1.54) is 32.1 Å². The lowest BCUT2D eigenvalue weighted by atomic mass is 10.1. The summed E-state index contributed by atoms with van der Waals surface area (Å²) in [5.41, 5.74) is 1.12. The Balaban J connectivity index is 1.92. The van der Waals surface area contributed by atoms with Gasteiger partial charge in [0.2, 0.25) is 0 Å². The van der Waals surface area contributed by atoms with Crippen LogP contribution in [0.5, 0.6) is 0 Å². The molecule has 0 amide bonds. The summed E-state index contributed by atoms with van der Waals surface area (Å²) in [5.74, 6) is 1.03. The lowest BCUT2D eigenvalue weighted by Crippen LogP contribution is -2.35. The molecule has 0 bridgehead atoms. The Morgan fingerprint density at radius 3 is 2.20 bits per heavy atom. The van der Waals surface area contributed by atoms with Gasteiger partial charge in [-0.05, 0) is 33.6 Å². The van der Waals surface area contributed by atoms with Crippen molar-refractivity contribution in [2.45, 2.75) is 65.0 Å². The largest absolute Gasteiger partial charge is 0.355 e. The minimum absolute atomic E-state index is 0.114. The molecule has 0 saturated carbocycles. The summed E-state index contributed by atoms with van der Waals surface area (Å²) in [5, 5.41) is 3.44. The second kappa shape index (κ2) is 7.02. The number of aromatic nitrogens is 2. The van der Waals surface area contributed by atoms with E-state index in [1.807, 2.05) is 12.4 Å². The predicted octanol–water partition coefficient (Wildman–Crippen LogP) is 3.14. The molecule has 0 spiro atoms. The second-order valence-corrected chi connectivity index (χ2v) is 6.72. The highest BCUT2D eigenvalue weighted by molar-refractivity contribution is 5.35. The zero-order chi connectivity index (χ0) is 14.4. The lowest BCUT2D eigenvalue weighted by Gasteiger charge is -2.25. The highest BCUT2D eigenvalue weighted by Crippen LogP contribution is 2.16. The molecule has 4 nitrogen and oxygen atoms in total. The summed E-state index contributed by atoms with van der Waals surface area (Å²) >= 11 is 0. The number of hydrogen-bond donors (Lipinski definition) is 1. The Bertz CT molecular complexity index is 386. The minimum Gasteiger partial charge on any atom is -0.355 e. The van der Waals surface area contributed by atoms with Crippen LogP contribution in [0, 0.1) is 0 Å². The molecule has 2 rings (SSSR count). The molecule has 112 valence electrons. The molecule has 0 aliphatic carbocycles. The van der Waals surface area contributed by atoms with Gasteiger partial charge in [-0.2, -0.15) is 0 Å². The maximum atomic E-state index is 4.60. The standard InChI is InChI=1S/C16H28N4/c1-16(2,3)19-12-14-11-18-15(13-17-14)20-9-7-5-4-6-8-10-20/h11,13,19H,4-10,12H2,1-3H3. The zero-order valence-electron chi connectivity index (χ0n) is 13.2. The third-order valence-corrected chi connectivity index (χ3v) is 3.67. The van der Waals surface area contributed by atoms with Crippen LogP contribution < -0.4 is 10.2 Å². The van der Waals surface area contributed by atoms with Crippen molar-refractivity contribution in [1.82, 2.24) is 15.3 Å². The number of nitrogens with one attached hydrogen (secondary N) is 1. The van der Waals surface area contributed by atoms with Gasteiger partial charge < -0.3 is 10.2 Å². The Kier molecular flexibility index (Phi) is 5.35. The van der Waals surface area contributed by atoms with Crippen molar-refractivity contribution in [2.75, 3.05) is 18.0 Å². The topological polar surface area (TPSA) is 41.1 Å². The quantitative estimate of drug-likeness (QED) is 0.921. The van der Waals surface area contributed by atoms with Gasteiger partial charge in [-0.25, -0.2) is 4.98 Å². The molecule has 0 unspecified atom stereocenters. The van der Waals surface area contributed by atoms with E-state index < -0.39 is 0 Å². The molecule has 0 radical (unpaired) electrons. The van der Waals surface area contributed by atoms with Gasteiger partial charge in [-0.1, -0.05) is 19.3 Å². The smallest absolute Gasteiger partial charge is 0.147 e. The van der Waals surface area contributed by atoms with E-state index in [-0.39, 0.29) is 5.54 Å². The number of hydrogen-bond acceptors (Lipinski definition) is 4. The summed E-state index contributed by atoms with van der Waals surface area (Å²) in [7, 11) is 0. The first-order valence-electron chi connectivity index (χ1n) is 7.85. The van der Waals surface area contributed by atoms with E-state index >= 15 is 0 Å². The van der Waals surface area contributed by atoms with E-state index in [1.54, 1.807) is 0 Å². The maximum absolute atomic E-state index is 4.60. The van der Waals surface area contributed by atoms with Gasteiger partial charge in [-0.3, -0.25) is 4.98 Å². The average Bonchev–Trinajstić information content (AvgIpc) is 2.36. The molecule has 2 heterocycles. The first-order valence-corrected chi connectivity index (χ1v) is 7.85. The Hall–Kier alpha value is -1.16. The molecular formula is C16H28N4. The minimum atomic E-state index is 0.114. The van der Waals surface area contributed by atoms with Crippen LogP contribution in [0.25, 0.3) is 0 Å². The van der Waals surface area contributed by atoms with Crippen molar-refractivity contribution in [3.63, 3.8) is 0 Å². The Morgan fingerprint density at radius 2 is 1.65 bits per heavy atom. The van der Waals surface area contributed by atoms with Gasteiger partial charge in [0.05, 0.1) is 18.1 Å². The number of nitrogens with zero attached hydrogens (tertiary/aromatic N) is 3. The van der Waals surface area contributed by atoms with Gasteiger partial charge in [0, 0.05) is 25.2 Å². The van der Waals surface area contributed by atoms with E-state index in [0.717, 1.165) is 31.1 Å². The molecule has 1 fully saturated rings. The number of anilines is 1. The van der Waals surface area contributed by atoms with Crippen LogP contribution in [0.4, 0.5) is 5.82 Å². The second-order valence-electron chi connectivity index (χ2n) is 6.72. The van der Waals surface area contributed by atoms with Crippen LogP contribution in [-0.2, 0) is 6.54 Å². The maximum Gasteiger partial charge on any atom is 0.147 e. The SMILES string of the molecule is CC(C)(C)NCc1cnc(N2CCCCCCC2)cn1. The van der Waals surface area contributed by atoms with Crippen molar-refractivity contribution < 1.29 is 0 Å². The summed E-state index contributed by atoms with van der Waals surface area (Å²) in [6, 6.07) is 0. The third kappa shape index (κ3) is 5.08. The molecule has 0 atom stereocenters. The normalized spacial score (nSPS) is 17.6. The Labute approximate surface area is 123 Å². The van der Waals surface area contributed by atoms with Crippen LogP contribution in [0.15, 0.2) is 12.4 Å². The summed E-state index contributed by atoms with van der Waals surface area (Å²) in [6.07, 6.45) is 10.5. The van der Waals surface area contributed by atoms with E-state index in [9.17, 15) is 0 Å². The highest BCUT2D eigenvalue weighted by Gasteiger charge is 2.12. The molecule has 1 aromatic rings. The predicted molar refractivity (Wildman–Crippen MR) is 83.9 cm³/mol. The number of rotatable bonds is 3. The molecular weight excluding hydrogens is 248 g/mol. The molecule has 20 heavy (non-hydrogen) atoms.